The Hall–Kier alpha value is -0.190. The summed E-state index contributed by atoms with van der Waals surface area (Å²) in [4.78, 5) is 11.3. The molecule has 0 radical (unpaired) electrons. The summed E-state index contributed by atoms with van der Waals surface area (Å²) < 4.78 is 35.6. The molecule has 0 aliphatic rings. The third-order valence-corrected chi connectivity index (χ3v) is 5.44. The van der Waals surface area contributed by atoms with Crippen molar-refractivity contribution in [3.05, 3.63) is 0 Å². The summed E-state index contributed by atoms with van der Waals surface area (Å²) in [7, 11) is -2.66. The standard InChI is InChI=1S/C16H33O5PS/c1-2-3-4-5-6-7-8-9-10-11-12-13-14-15(16(17)21-22)23(18,19)20/h15H,2-14,22H2,1H3,(H,18,19,20). The Morgan fingerprint density at radius 2 is 1.30 bits per heavy atom. The third kappa shape index (κ3) is 12.8. The van der Waals surface area contributed by atoms with Crippen LogP contribution in [0.2, 0.25) is 0 Å². The van der Waals surface area contributed by atoms with Gasteiger partial charge in [-0.15, -0.1) is 0 Å². The topological polar surface area (TPSA) is 80.7 Å². The molecular formula is C16H33O5PS. The van der Waals surface area contributed by atoms with E-state index in [-0.39, 0.29) is 6.42 Å². The van der Waals surface area contributed by atoms with Crippen molar-refractivity contribution in [1.82, 2.24) is 0 Å². The molecule has 0 aliphatic carbocycles. The highest BCUT2D eigenvalue weighted by Crippen LogP contribution is 2.16. The molecule has 0 rings (SSSR count). The smallest absolute Gasteiger partial charge is 0.328 e. The minimum atomic E-state index is -4.38. The van der Waals surface area contributed by atoms with Gasteiger partial charge in [-0.05, 0) is 6.42 Å². The van der Waals surface area contributed by atoms with Gasteiger partial charge in [0.1, 0.15) is 0 Å². The lowest BCUT2D eigenvalue weighted by Gasteiger charge is -2.11. The quantitative estimate of drug-likeness (QED) is 0.258. The van der Waals surface area contributed by atoms with E-state index in [1.807, 2.05) is 0 Å². The van der Waals surface area contributed by atoms with E-state index >= 15 is 0 Å². The molecule has 0 aromatic carbocycles. The average Bonchev–Trinajstić information content (AvgIpc) is 2.50. The molecule has 0 aromatic heterocycles. The van der Waals surface area contributed by atoms with E-state index < -0.39 is 21.3 Å². The van der Waals surface area contributed by atoms with E-state index in [0.29, 0.717) is 6.42 Å². The van der Waals surface area contributed by atoms with Crippen LogP contribution in [-0.4, -0.2) is 24.2 Å². The Kier molecular flexibility index (Phi) is 14.1. The van der Waals surface area contributed by atoms with Crippen LogP contribution in [0.4, 0.5) is 0 Å². The Morgan fingerprint density at radius 1 is 0.913 bits per heavy atom. The molecule has 138 valence electrons. The van der Waals surface area contributed by atoms with Crippen molar-refractivity contribution < 1.29 is 22.3 Å². The van der Waals surface area contributed by atoms with E-state index in [1.54, 1.807) is 9.47 Å². The lowest BCUT2D eigenvalue weighted by molar-refractivity contribution is -0.133. The van der Waals surface area contributed by atoms with Crippen LogP contribution in [0.3, 0.4) is 0 Å². The Bertz CT molecular complexity index is 397. The molecule has 0 saturated carbocycles. The number of hydrogen-bond acceptors (Lipinski definition) is 4. The highest BCUT2D eigenvalue weighted by atomic mass is 32.2. The first kappa shape index (κ1) is 22.8. The molecular weight excluding hydrogens is 335 g/mol. The van der Waals surface area contributed by atoms with Gasteiger partial charge in [-0.1, -0.05) is 84.0 Å². The minimum absolute atomic E-state index is 0.115. The van der Waals surface area contributed by atoms with E-state index in [9.17, 15) is 13.2 Å². The molecule has 0 aromatic rings. The van der Waals surface area contributed by atoms with Crippen LogP contribution in [0.15, 0.2) is 0 Å². The molecule has 0 heterocycles. The van der Waals surface area contributed by atoms with Crippen LogP contribution in [-0.2, 0) is 19.4 Å². The van der Waals surface area contributed by atoms with Crippen LogP contribution >= 0.6 is 9.47 Å². The lowest BCUT2D eigenvalue weighted by atomic mass is 10.0. The van der Waals surface area contributed by atoms with E-state index in [4.69, 9.17) is 4.55 Å². The molecule has 7 heteroatoms. The molecule has 1 N–H and O–H groups in total. The third-order valence-electron chi connectivity index (χ3n) is 4.06. The zero-order chi connectivity index (χ0) is 17.6. The molecule has 0 spiro atoms. The zero-order valence-corrected chi connectivity index (χ0v) is 16.3. The Morgan fingerprint density at radius 3 is 1.65 bits per heavy atom. The molecule has 0 aliphatic heterocycles. The van der Waals surface area contributed by atoms with Crippen LogP contribution in [0.25, 0.3) is 0 Å². The van der Waals surface area contributed by atoms with Gasteiger partial charge < -0.3 is 4.52 Å². The van der Waals surface area contributed by atoms with Crippen molar-refractivity contribution in [2.75, 3.05) is 0 Å². The highest BCUT2D eigenvalue weighted by Gasteiger charge is 2.31. The minimum Gasteiger partial charge on any atom is -0.450 e. The maximum atomic E-state index is 11.3. The van der Waals surface area contributed by atoms with Gasteiger partial charge in [0.25, 0.3) is 10.1 Å². The van der Waals surface area contributed by atoms with Crippen molar-refractivity contribution in [2.24, 2.45) is 0 Å². The number of unbranched alkanes of at least 4 members (excludes halogenated alkanes) is 11. The molecule has 2 unspecified atom stereocenters. The van der Waals surface area contributed by atoms with Gasteiger partial charge in [-0.25, -0.2) is 0 Å². The maximum absolute atomic E-state index is 11.3. The van der Waals surface area contributed by atoms with Gasteiger partial charge in [0.05, 0.1) is 9.47 Å². The van der Waals surface area contributed by atoms with Gasteiger partial charge in [-0.2, -0.15) is 8.42 Å². The first-order valence-corrected chi connectivity index (χ1v) is 10.8. The van der Waals surface area contributed by atoms with Gasteiger partial charge in [0, 0.05) is 0 Å². The molecule has 5 nitrogen and oxygen atoms in total. The van der Waals surface area contributed by atoms with E-state index in [0.717, 1.165) is 19.3 Å². The second-order valence-corrected chi connectivity index (χ2v) is 7.95. The fourth-order valence-corrected chi connectivity index (χ4v) is 3.66. The van der Waals surface area contributed by atoms with Gasteiger partial charge in [0.15, 0.2) is 5.25 Å². The molecule has 23 heavy (non-hydrogen) atoms. The summed E-state index contributed by atoms with van der Waals surface area (Å²) in [5.74, 6) is -0.916. The van der Waals surface area contributed by atoms with Crippen molar-refractivity contribution >= 4 is 25.6 Å². The Labute approximate surface area is 144 Å². The van der Waals surface area contributed by atoms with Crippen LogP contribution < -0.4 is 0 Å². The van der Waals surface area contributed by atoms with Crippen molar-refractivity contribution in [3.63, 3.8) is 0 Å². The molecule has 0 saturated heterocycles. The average molecular weight is 368 g/mol. The predicted molar refractivity (Wildman–Crippen MR) is 96.8 cm³/mol. The van der Waals surface area contributed by atoms with Crippen LogP contribution in [0.1, 0.15) is 90.4 Å². The normalized spacial score (nSPS) is 13.0. The summed E-state index contributed by atoms with van der Waals surface area (Å²) in [6.07, 6.45) is 14.2. The van der Waals surface area contributed by atoms with Crippen LogP contribution in [0.5, 0.6) is 0 Å². The van der Waals surface area contributed by atoms with Gasteiger partial charge >= 0.3 is 5.97 Å². The predicted octanol–water partition coefficient (Wildman–Crippen LogP) is 4.67. The molecule has 0 bridgehead atoms. The first-order chi connectivity index (χ1) is 10.9. The summed E-state index contributed by atoms with van der Waals surface area (Å²) in [6.45, 7) is 2.22. The SMILES string of the molecule is CCCCCCCCCCCCCCC(C(=O)OP)S(=O)(=O)O. The number of carbonyl (C=O) groups excluding carboxylic acids is 1. The monoisotopic (exact) mass is 368 g/mol. The van der Waals surface area contributed by atoms with E-state index in [1.165, 1.54) is 51.4 Å². The number of carbonyl (C=O) groups is 1. The molecule has 2 atom stereocenters. The van der Waals surface area contributed by atoms with Crippen LogP contribution in [0, 0.1) is 0 Å². The second-order valence-electron chi connectivity index (χ2n) is 6.12. The van der Waals surface area contributed by atoms with Crippen molar-refractivity contribution in [3.8, 4) is 0 Å². The first-order valence-electron chi connectivity index (χ1n) is 8.80. The zero-order valence-electron chi connectivity index (χ0n) is 14.3. The fraction of sp³-hybridized carbons (Fsp3) is 0.938. The molecule has 0 fully saturated rings. The maximum Gasteiger partial charge on any atom is 0.328 e. The summed E-state index contributed by atoms with van der Waals surface area (Å²) in [5, 5.41) is -1.46. The van der Waals surface area contributed by atoms with E-state index in [2.05, 4.69) is 11.4 Å². The summed E-state index contributed by atoms with van der Waals surface area (Å²) >= 11 is 0. The van der Waals surface area contributed by atoms with Gasteiger partial charge in [0.2, 0.25) is 0 Å². The highest BCUT2D eigenvalue weighted by molar-refractivity contribution is 7.87. The summed E-state index contributed by atoms with van der Waals surface area (Å²) in [6, 6.07) is 0. The lowest BCUT2D eigenvalue weighted by Crippen LogP contribution is -2.29. The number of hydrogen-bond donors (Lipinski definition) is 1. The molecule has 0 amide bonds. The summed E-state index contributed by atoms with van der Waals surface area (Å²) in [5.41, 5.74) is 0. The van der Waals surface area contributed by atoms with Crippen molar-refractivity contribution in [2.45, 2.75) is 95.6 Å². The van der Waals surface area contributed by atoms with Crippen molar-refractivity contribution in [1.29, 1.82) is 0 Å². The largest absolute Gasteiger partial charge is 0.450 e. The number of rotatable bonds is 15. The Balaban J connectivity index is 3.56. The fourth-order valence-electron chi connectivity index (χ4n) is 2.63. The second kappa shape index (κ2) is 14.2. The van der Waals surface area contributed by atoms with Gasteiger partial charge in [-0.3, -0.25) is 9.35 Å².